The van der Waals surface area contributed by atoms with Gasteiger partial charge in [0.25, 0.3) is 0 Å². The van der Waals surface area contributed by atoms with E-state index in [1.165, 1.54) is 26.4 Å². The molecule has 1 N–H and O–H groups in total. The van der Waals surface area contributed by atoms with Crippen molar-refractivity contribution in [3.05, 3.63) is 22.2 Å². The average Bonchev–Trinajstić information content (AvgIpc) is 2.45. The van der Waals surface area contributed by atoms with Gasteiger partial charge in [0.05, 0.1) is 20.4 Å². The Balaban J connectivity index is 3.09. The van der Waals surface area contributed by atoms with Crippen LogP contribution in [-0.2, 0) is 0 Å². The maximum Gasteiger partial charge on any atom is 0.462 e. The molecule has 0 atom stereocenters. The molecule has 4 nitrogen and oxygen atoms in total. The van der Waals surface area contributed by atoms with E-state index >= 15 is 0 Å². The predicted molar refractivity (Wildman–Crippen MR) is 73.9 cm³/mol. The second-order valence-corrected chi connectivity index (χ2v) is 5.16. The summed E-state index contributed by atoms with van der Waals surface area (Å²) in [4.78, 5) is 0. The normalized spacial score (nSPS) is 13.2. The average molecular weight is 427 g/mol. The van der Waals surface area contributed by atoms with Crippen LogP contribution >= 0.6 is 15.9 Å². The highest BCUT2D eigenvalue weighted by molar-refractivity contribution is 9.10. The van der Waals surface area contributed by atoms with Gasteiger partial charge in [0.2, 0.25) is 0 Å². The smallest absolute Gasteiger partial charge is 0.462 e. The molecule has 136 valence electrons. The van der Waals surface area contributed by atoms with Crippen molar-refractivity contribution in [3.8, 4) is 11.5 Å². The molecule has 0 bridgehead atoms. The van der Waals surface area contributed by atoms with Crippen LogP contribution in [0.4, 0.5) is 30.7 Å². The highest BCUT2D eigenvalue weighted by Gasteiger charge is 2.73. The molecule has 0 heterocycles. The molecule has 0 saturated heterocycles. The number of hydrogen-bond donors (Lipinski definition) is 1. The van der Waals surface area contributed by atoms with E-state index in [2.05, 4.69) is 21.0 Å². The van der Waals surface area contributed by atoms with E-state index in [9.17, 15) is 30.7 Å². The van der Waals surface area contributed by atoms with Gasteiger partial charge in [0, 0.05) is 10.0 Å². The van der Waals surface area contributed by atoms with Crippen LogP contribution in [0.25, 0.3) is 0 Å². The zero-order chi connectivity index (χ0) is 18.8. The first-order valence-corrected chi connectivity index (χ1v) is 6.70. The molecule has 0 aromatic heterocycles. The van der Waals surface area contributed by atoms with E-state index in [1.54, 1.807) is 0 Å². The maximum atomic E-state index is 13.0. The number of methoxy groups -OCH3 is 2. The molecular formula is C12H10BrF7N2O2. The quantitative estimate of drug-likeness (QED) is 0.321. The molecule has 0 spiro atoms. The van der Waals surface area contributed by atoms with E-state index in [0.717, 1.165) is 0 Å². The predicted octanol–water partition coefficient (Wildman–Crippen LogP) is 4.18. The van der Waals surface area contributed by atoms with Gasteiger partial charge in [-0.1, -0.05) is 15.9 Å². The van der Waals surface area contributed by atoms with Crippen molar-refractivity contribution in [2.45, 2.75) is 18.1 Å². The molecule has 1 rings (SSSR count). The van der Waals surface area contributed by atoms with Crippen LogP contribution in [0.1, 0.15) is 5.56 Å². The van der Waals surface area contributed by atoms with Gasteiger partial charge in [-0.25, -0.2) is 5.43 Å². The van der Waals surface area contributed by atoms with E-state index in [0.29, 0.717) is 16.1 Å². The van der Waals surface area contributed by atoms with Crippen molar-refractivity contribution >= 4 is 22.1 Å². The molecule has 0 radical (unpaired) electrons. The number of benzene rings is 1. The van der Waals surface area contributed by atoms with E-state index in [-0.39, 0.29) is 17.1 Å². The molecule has 0 aliphatic heterocycles. The summed E-state index contributed by atoms with van der Waals surface area (Å²) < 4.78 is 97.7. The summed E-state index contributed by atoms with van der Waals surface area (Å²) in [7, 11) is 2.49. The monoisotopic (exact) mass is 426 g/mol. The van der Waals surface area contributed by atoms with E-state index in [4.69, 9.17) is 9.47 Å². The van der Waals surface area contributed by atoms with Gasteiger partial charge in [-0.15, -0.1) is 0 Å². The third-order valence-corrected chi connectivity index (χ3v) is 3.09. The fourth-order valence-corrected chi connectivity index (χ4v) is 1.94. The first kappa shape index (κ1) is 20.3. The number of nitrogens with one attached hydrogen (secondary N) is 1. The summed E-state index contributed by atoms with van der Waals surface area (Å²) in [6.07, 6.45) is -5.86. The Morgan fingerprint density at radius 2 is 1.62 bits per heavy atom. The molecule has 0 aliphatic rings. The zero-order valence-electron chi connectivity index (χ0n) is 12.0. The fraction of sp³-hybridized carbons (Fsp3) is 0.417. The third kappa shape index (κ3) is 4.02. The molecule has 0 amide bonds. The second kappa shape index (κ2) is 7.03. The molecule has 24 heavy (non-hydrogen) atoms. The minimum atomic E-state index is -6.45. The van der Waals surface area contributed by atoms with Crippen LogP contribution in [0, 0.1) is 0 Å². The Morgan fingerprint density at radius 3 is 2.08 bits per heavy atom. The number of alkyl halides is 7. The summed E-state index contributed by atoms with van der Waals surface area (Å²) in [6, 6.07) is -2.90. The number of hydrazone groups is 1. The number of halogens is 8. The molecular weight excluding hydrogens is 417 g/mol. The standard InChI is InChI=1S/C12H10BrF7N2O2/c1-23-8-4-7(13)3-6(9(8)24-2)5-21-22-12(19,20)10(14,15)11(16,17)18/h3-5,22H,1-2H3/b21-5-. The third-order valence-electron chi connectivity index (χ3n) is 2.63. The fourth-order valence-electron chi connectivity index (χ4n) is 1.49. The van der Waals surface area contributed by atoms with Crippen LogP contribution in [0.2, 0.25) is 0 Å². The van der Waals surface area contributed by atoms with Crippen LogP contribution in [0.3, 0.4) is 0 Å². The number of hydrogen-bond acceptors (Lipinski definition) is 4. The molecule has 0 fully saturated rings. The first-order valence-electron chi connectivity index (χ1n) is 5.91. The van der Waals surface area contributed by atoms with Gasteiger partial charge in [0.15, 0.2) is 11.5 Å². The topological polar surface area (TPSA) is 42.8 Å². The molecule has 0 aliphatic carbocycles. The van der Waals surface area contributed by atoms with Crippen LogP contribution in [0.15, 0.2) is 21.7 Å². The molecule has 0 unspecified atom stereocenters. The van der Waals surface area contributed by atoms with Gasteiger partial charge < -0.3 is 9.47 Å². The summed E-state index contributed by atoms with van der Waals surface area (Å²) in [5.74, 6) is -6.14. The molecule has 12 heteroatoms. The Kier molecular flexibility index (Phi) is 5.95. The van der Waals surface area contributed by atoms with Gasteiger partial charge in [-0.2, -0.15) is 35.8 Å². The van der Waals surface area contributed by atoms with Crippen LogP contribution < -0.4 is 14.9 Å². The Labute approximate surface area is 139 Å². The minimum absolute atomic E-state index is 0.0112. The first-order chi connectivity index (χ1) is 10.9. The largest absolute Gasteiger partial charge is 0.493 e. The Bertz CT molecular complexity index is 620. The Morgan fingerprint density at radius 1 is 1.04 bits per heavy atom. The van der Waals surface area contributed by atoms with Crippen molar-refractivity contribution in [1.82, 2.24) is 5.43 Å². The number of nitrogens with zero attached hydrogens (tertiary/aromatic N) is 1. The van der Waals surface area contributed by atoms with Crippen molar-refractivity contribution in [1.29, 1.82) is 0 Å². The van der Waals surface area contributed by atoms with E-state index in [1.807, 2.05) is 0 Å². The zero-order valence-corrected chi connectivity index (χ0v) is 13.6. The SMILES string of the molecule is COc1cc(Br)cc(/C=N\NC(F)(F)C(F)(F)C(F)(F)F)c1OC. The van der Waals surface area contributed by atoms with Crippen molar-refractivity contribution < 1.29 is 40.2 Å². The Hall–Kier alpha value is -1.72. The lowest BCUT2D eigenvalue weighted by Gasteiger charge is -2.27. The summed E-state index contributed by atoms with van der Waals surface area (Å²) in [6.45, 7) is 0. The minimum Gasteiger partial charge on any atom is -0.493 e. The lowest BCUT2D eigenvalue weighted by atomic mass is 10.2. The molecule has 1 aromatic carbocycles. The summed E-state index contributed by atoms with van der Waals surface area (Å²) in [5, 5.41) is 2.76. The lowest BCUT2D eigenvalue weighted by molar-refractivity contribution is -0.361. The number of rotatable bonds is 6. The van der Waals surface area contributed by atoms with Crippen molar-refractivity contribution in [2.24, 2.45) is 5.10 Å². The van der Waals surface area contributed by atoms with Crippen molar-refractivity contribution in [2.75, 3.05) is 14.2 Å². The number of ether oxygens (including phenoxy) is 2. The molecule has 0 saturated carbocycles. The molecule has 1 aromatic rings. The van der Waals surface area contributed by atoms with Gasteiger partial charge in [0.1, 0.15) is 0 Å². The van der Waals surface area contributed by atoms with E-state index < -0.39 is 18.1 Å². The van der Waals surface area contributed by atoms with Crippen LogP contribution in [0.5, 0.6) is 11.5 Å². The highest BCUT2D eigenvalue weighted by Crippen LogP contribution is 2.45. The lowest BCUT2D eigenvalue weighted by Crippen LogP contribution is -2.58. The van der Waals surface area contributed by atoms with Crippen LogP contribution in [-0.4, -0.2) is 38.6 Å². The van der Waals surface area contributed by atoms with Crippen molar-refractivity contribution in [3.63, 3.8) is 0 Å². The summed E-state index contributed by atoms with van der Waals surface area (Å²) in [5.41, 5.74) is 0.505. The van der Waals surface area contributed by atoms with Gasteiger partial charge >= 0.3 is 18.1 Å². The second-order valence-electron chi connectivity index (χ2n) is 4.25. The summed E-state index contributed by atoms with van der Waals surface area (Å²) >= 11 is 3.07. The van der Waals surface area contributed by atoms with Gasteiger partial charge in [-0.3, -0.25) is 0 Å². The van der Waals surface area contributed by atoms with Gasteiger partial charge in [-0.05, 0) is 12.1 Å². The highest BCUT2D eigenvalue weighted by atomic mass is 79.9. The maximum absolute atomic E-state index is 13.0.